The minimum absolute atomic E-state index is 0.118. The van der Waals surface area contributed by atoms with Crippen molar-refractivity contribution >= 4 is 11.0 Å². The fourth-order valence-corrected chi connectivity index (χ4v) is 3.44. The molecule has 31 heavy (non-hydrogen) atoms. The molecule has 4 aromatic rings. The summed E-state index contributed by atoms with van der Waals surface area (Å²) in [5, 5.41) is 29.7. The maximum absolute atomic E-state index is 13.2. The Balaban J connectivity index is 1.82. The number of pyridine rings is 1. The third-order valence-electron chi connectivity index (χ3n) is 4.89. The Morgan fingerprint density at radius 1 is 1.03 bits per heavy atom. The fourth-order valence-electron chi connectivity index (χ4n) is 3.44. The maximum atomic E-state index is 13.2. The normalized spacial score (nSPS) is 12.9. The molecule has 1 atom stereocenters. The zero-order valence-corrected chi connectivity index (χ0v) is 16.2. The first-order valence-electron chi connectivity index (χ1n) is 9.52. The number of benzene rings is 2. The number of aromatic amines is 1. The predicted octanol–water partition coefficient (Wildman–Crippen LogP) is 3.88. The smallest absolute Gasteiger partial charge is 0.395 e. The van der Waals surface area contributed by atoms with Crippen LogP contribution in [0.2, 0.25) is 0 Å². The molecule has 0 aliphatic heterocycles. The monoisotopic (exact) mass is 428 g/mol. The molecule has 2 aromatic carbocycles. The highest BCUT2D eigenvalue weighted by Crippen LogP contribution is 2.37. The lowest BCUT2D eigenvalue weighted by Crippen LogP contribution is -2.24. The van der Waals surface area contributed by atoms with E-state index in [0.29, 0.717) is 39.0 Å². The van der Waals surface area contributed by atoms with Gasteiger partial charge in [0.1, 0.15) is 11.9 Å². The number of aliphatic hydroxyl groups excluding tert-OH is 2. The first kappa shape index (κ1) is 21.0. The molecule has 0 bridgehead atoms. The number of hydrogen-bond donors (Lipinski definition) is 4. The molecule has 0 aliphatic carbocycles. The summed E-state index contributed by atoms with van der Waals surface area (Å²) < 4.78 is 39.6. The van der Waals surface area contributed by atoms with E-state index in [4.69, 9.17) is 5.11 Å². The highest BCUT2D eigenvalue weighted by molar-refractivity contribution is 6.02. The summed E-state index contributed by atoms with van der Waals surface area (Å²) in [7, 11) is 0. The van der Waals surface area contributed by atoms with Gasteiger partial charge in [-0.1, -0.05) is 30.3 Å². The molecule has 2 heterocycles. The number of aliphatic hydroxyl groups is 2. The average Bonchev–Trinajstić information content (AvgIpc) is 3.21. The minimum atomic E-state index is -4.45. The van der Waals surface area contributed by atoms with E-state index in [2.05, 4.69) is 20.5 Å². The van der Waals surface area contributed by atoms with Gasteiger partial charge < -0.3 is 10.2 Å². The zero-order valence-electron chi connectivity index (χ0n) is 16.2. The van der Waals surface area contributed by atoms with Gasteiger partial charge in [-0.2, -0.15) is 18.3 Å². The molecule has 0 radical (unpaired) electrons. The van der Waals surface area contributed by atoms with E-state index < -0.39 is 18.0 Å². The number of H-pyrrole nitrogens is 1. The molecule has 9 heteroatoms. The highest BCUT2D eigenvalue weighted by atomic mass is 19.4. The van der Waals surface area contributed by atoms with Gasteiger partial charge in [0.15, 0.2) is 5.65 Å². The molecule has 0 saturated heterocycles. The molecular formula is C22H19F3N4O2. The van der Waals surface area contributed by atoms with Gasteiger partial charge in [-0.25, -0.2) is 4.98 Å². The Kier molecular flexibility index (Phi) is 5.73. The van der Waals surface area contributed by atoms with Crippen molar-refractivity contribution in [1.82, 2.24) is 20.5 Å². The lowest BCUT2D eigenvalue weighted by molar-refractivity contribution is -0.137. The van der Waals surface area contributed by atoms with Gasteiger partial charge in [-0.3, -0.25) is 10.4 Å². The van der Waals surface area contributed by atoms with Crippen molar-refractivity contribution in [3.8, 4) is 22.4 Å². The van der Waals surface area contributed by atoms with Gasteiger partial charge in [0.05, 0.1) is 17.6 Å². The van der Waals surface area contributed by atoms with E-state index in [1.807, 2.05) is 0 Å². The lowest BCUT2D eigenvalue weighted by Gasteiger charge is -2.13. The van der Waals surface area contributed by atoms with Gasteiger partial charge in [-0.05, 0) is 41.0 Å². The van der Waals surface area contributed by atoms with Crippen LogP contribution in [0.3, 0.4) is 0 Å². The third-order valence-corrected chi connectivity index (χ3v) is 4.89. The largest absolute Gasteiger partial charge is 0.416 e. The second-order valence-corrected chi connectivity index (χ2v) is 6.94. The van der Waals surface area contributed by atoms with Crippen molar-refractivity contribution in [1.29, 1.82) is 0 Å². The second kappa shape index (κ2) is 8.46. The molecule has 1 unspecified atom stereocenters. The highest BCUT2D eigenvalue weighted by Gasteiger charge is 2.30. The van der Waals surface area contributed by atoms with Gasteiger partial charge in [0, 0.05) is 18.3 Å². The van der Waals surface area contributed by atoms with Crippen molar-refractivity contribution in [3.63, 3.8) is 0 Å². The van der Waals surface area contributed by atoms with Crippen molar-refractivity contribution in [2.75, 3.05) is 13.2 Å². The molecule has 0 fully saturated rings. The Hall–Kier alpha value is -3.27. The van der Waals surface area contributed by atoms with Gasteiger partial charge >= 0.3 is 6.18 Å². The summed E-state index contributed by atoms with van der Waals surface area (Å²) in [6.45, 7) is 0.104. The van der Waals surface area contributed by atoms with Crippen LogP contribution in [0.15, 0.2) is 60.8 Å². The van der Waals surface area contributed by atoms with Crippen LogP contribution in [-0.2, 0) is 6.18 Å². The maximum Gasteiger partial charge on any atom is 0.416 e. The van der Waals surface area contributed by atoms with Crippen LogP contribution in [0.4, 0.5) is 13.2 Å². The Bertz CT molecular complexity index is 1210. The van der Waals surface area contributed by atoms with Gasteiger partial charge in [0.2, 0.25) is 0 Å². The average molecular weight is 428 g/mol. The molecular weight excluding hydrogens is 409 g/mol. The van der Waals surface area contributed by atoms with Crippen molar-refractivity contribution < 1.29 is 23.4 Å². The number of rotatable bonds is 6. The predicted molar refractivity (Wildman–Crippen MR) is 110 cm³/mol. The summed E-state index contributed by atoms with van der Waals surface area (Å²) in [5.74, 6) is 0. The molecule has 4 rings (SSSR count). The summed E-state index contributed by atoms with van der Waals surface area (Å²) >= 11 is 0. The first-order chi connectivity index (χ1) is 14.9. The molecule has 6 nitrogen and oxygen atoms in total. The molecule has 2 aromatic heterocycles. The summed E-state index contributed by atoms with van der Waals surface area (Å²) in [4.78, 5) is 4.25. The number of fused-ring (bicyclic) bond motifs is 1. The van der Waals surface area contributed by atoms with Crippen LogP contribution < -0.4 is 5.32 Å². The van der Waals surface area contributed by atoms with E-state index in [1.54, 1.807) is 36.4 Å². The lowest BCUT2D eigenvalue weighted by atomic mass is 9.97. The first-order valence-corrected chi connectivity index (χ1v) is 9.52. The number of nitrogens with one attached hydrogen (secondary N) is 2. The number of alkyl halides is 3. The Labute approximate surface area is 175 Å². The Morgan fingerprint density at radius 3 is 2.58 bits per heavy atom. The molecule has 0 amide bonds. The standard InChI is InChI=1S/C22H19F3N4O2/c23-22(24,25)16-6-2-3-13(12-16)17-7-8-26-20-18(17)19(28-29-20)14-4-1-5-15(11-14)21(31)27-9-10-30/h1-8,11-12,21,27,30-31H,9-10H2,(H,26,28,29). The number of nitrogens with zero attached hydrogens (tertiary/aromatic N) is 2. The summed E-state index contributed by atoms with van der Waals surface area (Å²) in [6.07, 6.45) is -3.93. The van der Waals surface area contributed by atoms with E-state index in [-0.39, 0.29) is 13.2 Å². The van der Waals surface area contributed by atoms with E-state index in [0.717, 1.165) is 12.1 Å². The van der Waals surface area contributed by atoms with Crippen LogP contribution in [0, 0.1) is 0 Å². The van der Waals surface area contributed by atoms with Gasteiger partial charge in [-0.15, -0.1) is 0 Å². The van der Waals surface area contributed by atoms with E-state index in [1.165, 1.54) is 12.3 Å². The molecule has 4 N–H and O–H groups in total. The van der Waals surface area contributed by atoms with Crippen LogP contribution in [-0.4, -0.2) is 38.5 Å². The molecule has 0 spiro atoms. The quantitative estimate of drug-likeness (QED) is 0.350. The topological polar surface area (TPSA) is 94.1 Å². The van der Waals surface area contributed by atoms with Crippen molar-refractivity contribution in [2.45, 2.75) is 12.4 Å². The minimum Gasteiger partial charge on any atom is -0.395 e. The summed E-state index contributed by atoms with van der Waals surface area (Å²) in [6, 6.07) is 13.8. The molecule has 0 aliphatic rings. The number of halogens is 3. The third kappa shape index (κ3) is 4.29. The van der Waals surface area contributed by atoms with Crippen LogP contribution in [0.1, 0.15) is 17.4 Å². The van der Waals surface area contributed by atoms with Gasteiger partial charge in [0.25, 0.3) is 0 Å². The van der Waals surface area contributed by atoms with Crippen molar-refractivity contribution in [2.24, 2.45) is 0 Å². The number of hydrogen-bond acceptors (Lipinski definition) is 5. The SMILES string of the molecule is OCCNC(O)c1cccc(-c2n[nH]c3nccc(-c4cccc(C(F)(F)F)c4)c23)c1. The van der Waals surface area contributed by atoms with Crippen LogP contribution in [0.5, 0.6) is 0 Å². The number of aromatic nitrogens is 3. The van der Waals surface area contributed by atoms with E-state index in [9.17, 15) is 18.3 Å². The van der Waals surface area contributed by atoms with Crippen LogP contribution in [0.25, 0.3) is 33.4 Å². The van der Waals surface area contributed by atoms with E-state index >= 15 is 0 Å². The van der Waals surface area contributed by atoms with Crippen molar-refractivity contribution in [3.05, 3.63) is 71.9 Å². The summed E-state index contributed by atoms with van der Waals surface area (Å²) in [5.41, 5.74) is 2.39. The fraction of sp³-hybridized carbons (Fsp3) is 0.182. The zero-order chi connectivity index (χ0) is 22.0. The molecule has 0 saturated carbocycles. The van der Waals surface area contributed by atoms with Crippen LogP contribution >= 0.6 is 0 Å². The Morgan fingerprint density at radius 2 is 1.81 bits per heavy atom. The molecule has 160 valence electrons. The second-order valence-electron chi connectivity index (χ2n) is 6.94.